The number of hydrogen-bond donors (Lipinski definition) is 3. The smallest absolute Gasteiger partial charge is 0.475 e. The first-order valence-electron chi connectivity index (χ1n) is 6.46. The van der Waals surface area contributed by atoms with Crippen molar-refractivity contribution in [2.75, 3.05) is 20.2 Å². The van der Waals surface area contributed by atoms with Gasteiger partial charge in [-0.1, -0.05) is 0 Å². The number of carboxylic acid groups (broad SMARTS) is 1. The molecule has 1 fully saturated rings. The molecule has 10 heteroatoms. The molecule has 0 aromatic heterocycles. The van der Waals surface area contributed by atoms with Crippen LogP contribution in [0.4, 0.5) is 13.2 Å². The van der Waals surface area contributed by atoms with Gasteiger partial charge in [0.1, 0.15) is 6.04 Å². The van der Waals surface area contributed by atoms with Gasteiger partial charge in [0, 0.05) is 6.42 Å². The van der Waals surface area contributed by atoms with Crippen molar-refractivity contribution in [2.45, 2.75) is 32.0 Å². The zero-order valence-electron chi connectivity index (χ0n) is 12.2. The van der Waals surface area contributed by atoms with Crippen LogP contribution in [0.2, 0.25) is 0 Å². The molecule has 0 spiro atoms. The van der Waals surface area contributed by atoms with E-state index in [1.807, 2.05) is 0 Å². The molecule has 1 heterocycles. The summed E-state index contributed by atoms with van der Waals surface area (Å²) in [6.45, 7) is 3.62. The molecule has 22 heavy (non-hydrogen) atoms. The third kappa shape index (κ3) is 8.45. The predicted molar refractivity (Wildman–Crippen MR) is 68.9 cm³/mol. The summed E-state index contributed by atoms with van der Waals surface area (Å²) in [6, 6.07) is -0.554. The number of hydrogen-bond acceptors (Lipinski definition) is 5. The van der Waals surface area contributed by atoms with Crippen LogP contribution in [0.5, 0.6) is 0 Å². The number of alkyl halides is 3. The highest BCUT2D eigenvalue weighted by Crippen LogP contribution is 2.13. The average molecular weight is 328 g/mol. The number of carboxylic acids is 1. The Kier molecular flexibility index (Phi) is 8.46. The molecule has 0 aliphatic carbocycles. The summed E-state index contributed by atoms with van der Waals surface area (Å²) in [5, 5.41) is 12.9. The number of ether oxygens (including phenoxy) is 1. The van der Waals surface area contributed by atoms with Crippen LogP contribution >= 0.6 is 0 Å². The fraction of sp³-hybridized carbons (Fsp3) is 0.750. The molecule has 0 aromatic carbocycles. The lowest BCUT2D eigenvalue weighted by Crippen LogP contribution is -2.43. The van der Waals surface area contributed by atoms with Gasteiger partial charge in [-0.05, 0) is 32.4 Å². The van der Waals surface area contributed by atoms with Gasteiger partial charge >= 0.3 is 18.1 Å². The Bertz CT molecular complexity index is 397. The number of amides is 1. The minimum atomic E-state index is -5.08. The maximum absolute atomic E-state index is 11.4. The number of aliphatic carboxylic acids is 1. The van der Waals surface area contributed by atoms with Gasteiger partial charge in [-0.25, -0.2) is 9.59 Å². The molecule has 128 valence electrons. The van der Waals surface area contributed by atoms with Gasteiger partial charge in [0.05, 0.1) is 7.11 Å². The summed E-state index contributed by atoms with van der Waals surface area (Å²) in [7, 11) is 1.31. The van der Waals surface area contributed by atoms with Crippen LogP contribution in [0, 0.1) is 5.92 Å². The van der Waals surface area contributed by atoms with Gasteiger partial charge in [-0.3, -0.25) is 4.79 Å². The molecule has 0 unspecified atom stereocenters. The lowest BCUT2D eigenvalue weighted by Gasteiger charge is -2.26. The van der Waals surface area contributed by atoms with Crippen molar-refractivity contribution >= 4 is 17.8 Å². The topological polar surface area (TPSA) is 105 Å². The van der Waals surface area contributed by atoms with Gasteiger partial charge in [-0.2, -0.15) is 13.2 Å². The second-order valence-electron chi connectivity index (χ2n) is 4.68. The molecular weight excluding hydrogens is 309 g/mol. The SMILES string of the molecule is COC(=O)[C@H](C)NC(=O)CCC1CNC1.O=C(O)C(F)(F)F. The van der Waals surface area contributed by atoms with Gasteiger partial charge < -0.3 is 20.5 Å². The lowest BCUT2D eigenvalue weighted by molar-refractivity contribution is -0.192. The van der Waals surface area contributed by atoms with E-state index in [1.54, 1.807) is 6.92 Å². The number of methoxy groups -OCH3 is 1. The molecule has 0 radical (unpaired) electrons. The Morgan fingerprint density at radius 3 is 2.18 bits per heavy atom. The number of esters is 1. The largest absolute Gasteiger partial charge is 0.490 e. The predicted octanol–water partition coefficient (Wildman–Crippen LogP) is 0.297. The van der Waals surface area contributed by atoms with Crippen LogP contribution in [0.3, 0.4) is 0 Å². The second kappa shape index (κ2) is 9.23. The number of rotatable bonds is 5. The molecule has 1 aliphatic rings. The third-order valence-electron chi connectivity index (χ3n) is 2.82. The van der Waals surface area contributed by atoms with Crippen molar-refractivity contribution in [1.82, 2.24) is 10.6 Å². The van der Waals surface area contributed by atoms with Crippen LogP contribution < -0.4 is 10.6 Å². The highest BCUT2D eigenvalue weighted by molar-refractivity contribution is 5.84. The zero-order chi connectivity index (χ0) is 17.3. The van der Waals surface area contributed by atoms with Crippen molar-refractivity contribution < 1.29 is 37.4 Å². The molecule has 0 saturated carbocycles. The van der Waals surface area contributed by atoms with Crippen molar-refractivity contribution in [2.24, 2.45) is 5.92 Å². The maximum atomic E-state index is 11.4. The highest BCUT2D eigenvalue weighted by atomic mass is 19.4. The van der Waals surface area contributed by atoms with Crippen molar-refractivity contribution in [3.63, 3.8) is 0 Å². The maximum Gasteiger partial charge on any atom is 0.490 e. The van der Waals surface area contributed by atoms with Crippen LogP contribution in [0.1, 0.15) is 19.8 Å². The minimum Gasteiger partial charge on any atom is -0.475 e. The Hall–Kier alpha value is -1.84. The molecule has 0 aromatic rings. The van der Waals surface area contributed by atoms with E-state index in [4.69, 9.17) is 9.90 Å². The molecule has 1 aliphatic heterocycles. The number of halogens is 3. The van der Waals surface area contributed by atoms with Gasteiger partial charge in [0.25, 0.3) is 0 Å². The van der Waals surface area contributed by atoms with Crippen LogP contribution in [-0.2, 0) is 19.1 Å². The van der Waals surface area contributed by atoms with E-state index in [9.17, 15) is 22.8 Å². The summed E-state index contributed by atoms with van der Waals surface area (Å²) < 4.78 is 36.2. The number of carbonyl (C=O) groups excluding carboxylic acids is 2. The Morgan fingerprint density at radius 2 is 1.86 bits per heavy atom. The first-order valence-corrected chi connectivity index (χ1v) is 6.46. The minimum absolute atomic E-state index is 0.0835. The van der Waals surface area contributed by atoms with Crippen LogP contribution in [0.25, 0.3) is 0 Å². The monoisotopic (exact) mass is 328 g/mol. The fourth-order valence-corrected chi connectivity index (χ4v) is 1.44. The van der Waals surface area contributed by atoms with E-state index in [0.29, 0.717) is 12.3 Å². The molecule has 0 bridgehead atoms. The standard InChI is InChI=1S/C10H18N2O3.C2HF3O2/c1-7(10(14)15-2)12-9(13)4-3-8-5-11-6-8;3-2(4,5)1(6)7/h7-8,11H,3-6H2,1-2H3,(H,12,13);(H,6,7)/t7-;/m0./s1. The molecule has 1 rings (SSSR count). The van der Waals surface area contributed by atoms with Crippen molar-refractivity contribution in [3.05, 3.63) is 0 Å². The van der Waals surface area contributed by atoms with E-state index in [-0.39, 0.29) is 5.91 Å². The molecule has 3 N–H and O–H groups in total. The number of nitrogens with one attached hydrogen (secondary N) is 2. The highest BCUT2D eigenvalue weighted by Gasteiger charge is 2.38. The van der Waals surface area contributed by atoms with E-state index >= 15 is 0 Å². The quantitative estimate of drug-likeness (QED) is 0.627. The lowest BCUT2D eigenvalue weighted by atomic mass is 9.97. The molecule has 1 amide bonds. The summed E-state index contributed by atoms with van der Waals surface area (Å²) >= 11 is 0. The normalized spacial score (nSPS) is 15.7. The Morgan fingerprint density at radius 1 is 1.36 bits per heavy atom. The first kappa shape index (κ1) is 20.2. The summed E-state index contributed by atoms with van der Waals surface area (Å²) in [6.07, 6.45) is -3.72. The molecular formula is C12H19F3N2O5. The number of carbonyl (C=O) groups is 3. The zero-order valence-corrected chi connectivity index (χ0v) is 12.2. The van der Waals surface area contributed by atoms with Gasteiger partial charge in [0.2, 0.25) is 5.91 Å². The fourth-order valence-electron chi connectivity index (χ4n) is 1.44. The Balaban J connectivity index is 0.000000534. The summed E-state index contributed by atoms with van der Waals surface area (Å²) in [5.41, 5.74) is 0. The van der Waals surface area contributed by atoms with Crippen LogP contribution in [-0.4, -0.2) is 55.4 Å². The average Bonchev–Trinajstić information content (AvgIpc) is 2.35. The van der Waals surface area contributed by atoms with Gasteiger partial charge in [0.15, 0.2) is 0 Å². The summed E-state index contributed by atoms with van der Waals surface area (Å²) in [5.74, 6) is -2.63. The second-order valence-corrected chi connectivity index (χ2v) is 4.68. The van der Waals surface area contributed by atoms with Crippen molar-refractivity contribution in [3.8, 4) is 0 Å². The van der Waals surface area contributed by atoms with Crippen LogP contribution in [0.15, 0.2) is 0 Å². The van der Waals surface area contributed by atoms with Crippen molar-refractivity contribution in [1.29, 1.82) is 0 Å². The third-order valence-corrected chi connectivity index (χ3v) is 2.82. The van der Waals surface area contributed by atoms with Gasteiger partial charge in [-0.15, -0.1) is 0 Å². The molecule has 1 atom stereocenters. The summed E-state index contributed by atoms with van der Waals surface area (Å²) in [4.78, 5) is 31.3. The van der Waals surface area contributed by atoms with E-state index in [2.05, 4.69) is 15.4 Å². The van der Waals surface area contributed by atoms with E-state index < -0.39 is 24.2 Å². The Labute approximate surface area is 125 Å². The van der Waals surface area contributed by atoms with E-state index in [1.165, 1.54) is 7.11 Å². The molecule has 1 saturated heterocycles. The van der Waals surface area contributed by atoms with E-state index in [0.717, 1.165) is 19.5 Å². The first-order chi connectivity index (χ1) is 10.1. The molecule has 7 nitrogen and oxygen atoms in total.